The summed E-state index contributed by atoms with van der Waals surface area (Å²) in [6, 6.07) is 22.3. The fraction of sp³-hybridized carbons (Fsp3) is 0.174. The van der Waals surface area contributed by atoms with Crippen LogP contribution in [0.5, 0.6) is 11.5 Å². The molecule has 1 aromatic heterocycles. The summed E-state index contributed by atoms with van der Waals surface area (Å²) < 4.78 is 15.0. The van der Waals surface area contributed by atoms with Gasteiger partial charge in [-0.25, -0.2) is 4.79 Å². The number of nitrogens with zero attached hydrogens (tertiary/aromatic N) is 2. The van der Waals surface area contributed by atoms with Gasteiger partial charge in [0.1, 0.15) is 24.7 Å². The van der Waals surface area contributed by atoms with Crippen LogP contribution in [0.1, 0.15) is 0 Å². The number of benzene rings is 3. The Morgan fingerprint density at radius 3 is 1.47 bits per heavy atom. The van der Waals surface area contributed by atoms with Crippen molar-refractivity contribution in [1.82, 2.24) is 9.13 Å². The van der Waals surface area contributed by atoms with E-state index in [1.807, 2.05) is 48.5 Å². The molecule has 0 bridgehead atoms. The molecule has 0 N–H and O–H groups in total. The summed E-state index contributed by atoms with van der Waals surface area (Å²) in [6.45, 7) is 1.47. The van der Waals surface area contributed by atoms with E-state index >= 15 is 0 Å². The van der Waals surface area contributed by atoms with Crippen molar-refractivity contribution in [3.05, 3.63) is 93.3 Å². The number of imidazole rings is 1. The molecule has 1 heterocycles. The van der Waals surface area contributed by atoms with Gasteiger partial charge in [0.2, 0.25) is 0 Å². The fourth-order valence-electron chi connectivity index (χ4n) is 3.32. The van der Waals surface area contributed by atoms with Crippen molar-refractivity contribution in [2.45, 2.75) is 13.1 Å². The van der Waals surface area contributed by atoms with E-state index in [1.165, 1.54) is 0 Å². The van der Waals surface area contributed by atoms with E-state index in [4.69, 9.17) is 32.7 Å². The summed E-state index contributed by atoms with van der Waals surface area (Å²) in [5.41, 5.74) is 1.59. The Hall–Kier alpha value is -2.89. The molecule has 4 aromatic rings. The van der Waals surface area contributed by atoms with Crippen molar-refractivity contribution >= 4 is 34.2 Å². The second kappa shape index (κ2) is 9.28. The predicted octanol–water partition coefficient (Wildman–Crippen LogP) is 5.27. The molecule has 0 spiro atoms. The summed E-state index contributed by atoms with van der Waals surface area (Å²) in [7, 11) is 0. The monoisotopic (exact) mass is 442 g/mol. The third kappa shape index (κ3) is 4.32. The Balaban J connectivity index is 1.50. The van der Waals surface area contributed by atoms with Crippen LogP contribution in [0.25, 0.3) is 11.0 Å². The second-order valence-electron chi connectivity index (χ2n) is 6.63. The molecule has 30 heavy (non-hydrogen) atoms. The number of para-hydroxylation sites is 4. The first kappa shape index (κ1) is 20.4. The van der Waals surface area contributed by atoms with Crippen LogP contribution in [0.3, 0.4) is 0 Å². The normalized spacial score (nSPS) is 11.0. The first-order valence-corrected chi connectivity index (χ1v) is 10.3. The van der Waals surface area contributed by atoms with Gasteiger partial charge < -0.3 is 9.47 Å². The molecule has 0 fully saturated rings. The van der Waals surface area contributed by atoms with E-state index in [0.29, 0.717) is 47.8 Å². The van der Waals surface area contributed by atoms with Gasteiger partial charge in [-0.05, 0) is 36.4 Å². The minimum atomic E-state index is -0.110. The van der Waals surface area contributed by atoms with Crippen molar-refractivity contribution in [2.24, 2.45) is 0 Å². The van der Waals surface area contributed by atoms with E-state index in [-0.39, 0.29) is 5.69 Å². The van der Waals surface area contributed by atoms with Crippen LogP contribution in [0.15, 0.2) is 77.6 Å². The maximum absolute atomic E-state index is 13.1. The molecule has 5 nitrogen and oxygen atoms in total. The molecule has 0 radical (unpaired) electrons. The van der Waals surface area contributed by atoms with Crippen LogP contribution in [-0.2, 0) is 13.1 Å². The molecule has 0 atom stereocenters. The molecular weight excluding hydrogens is 423 g/mol. The van der Waals surface area contributed by atoms with Gasteiger partial charge in [0.25, 0.3) is 0 Å². The largest absolute Gasteiger partial charge is 0.490 e. The van der Waals surface area contributed by atoms with Gasteiger partial charge in [-0.3, -0.25) is 9.13 Å². The van der Waals surface area contributed by atoms with E-state index < -0.39 is 0 Å². The van der Waals surface area contributed by atoms with Gasteiger partial charge in [0, 0.05) is 0 Å². The lowest BCUT2D eigenvalue weighted by Crippen LogP contribution is -2.28. The number of fused-ring (bicyclic) bond motifs is 1. The molecule has 0 aliphatic heterocycles. The number of aromatic nitrogens is 2. The van der Waals surface area contributed by atoms with Crippen molar-refractivity contribution in [3.63, 3.8) is 0 Å². The first-order valence-electron chi connectivity index (χ1n) is 9.58. The minimum absolute atomic E-state index is 0.110. The highest BCUT2D eigenvalue weighted by atomic mass is 35.5. The number of hydrogen-bond acceptors (Lipinski definition) is 3. The number of hydrogen-bond donors (Lipinski definition) is 0. The number of ether oxygens (including phenoxy) is 2. The van der Waals surface area contributed by atoms with E-state index in [9.17, 15) is 4.79 Å². The molecule has 4 rings (SSSR count). The third-order valence-corrected chi connectivity index (χ3v) is 5.37. The molecule has 0 saturated heterocycles. The molecule has 154 valence electrons. The fourth-order valence-corrected chi connectivity index (χ4v) is 3.70. The Bertz CT molecular complexity index is 1130. The zero-order chi connectivity index (χ0) is 20.9. The molecule has 7 heteroatoms. The third-order valence-electron chi connectivity index (χ3n) is 4.74. The van der Waals surface area contributed by atoms with Crippen molar-refractivity contribution in [3.8, 4) is 11.5 Å². The van der Waals surface area contributed by atoms with Crippen LogP contribution in [0.4, 0.5) is 0 Å². The van der Waals surface area contributed by atoms with Gasteiger partial charge in [-0.2, -0.15) is 0 Å². The smallest absolute Gasteiger partial charge is 0.329 e. The molecular formula is C23H20Cl2N2O3. The first-order chi connectivity index (χ1) is 14.6. The van der Waals surface area contributed by atoms with Gasteiger partial charge in [-0.15, -0.1) is 0 Å². The SMILES string of the molecule is O=c1n(CCOc2ccccc2Cl)c2ccccc2n1CCOc1ccccc1Cl. The lowest BCUT2D eigenvalue weighted by atomic mass is 10.3. The highest BCUT2D eigenvalue weighted by Crippen LogP contribution is 2.24. The van der Waals surface area contributed by atoms with Crippen LogP contribution in [0, 0.1) is 0 Å². The Kier molecular flexibility index (Phi) is 6.31. The zero-order valence-corrected chi connectivity index (χ0v) is 17.6. The predicted molar refractivity (Wildman–Crippen MR) is 120 cm³/mol. The van der Waals surface area contributed by atoms with Crippen molar-refractivity contribution in [2.75, 3.05) is 13.2 Å². The topological polar surface area (TPSA) is 45.4 Å². The van der Waals surface area contributed by atoms with Crippen molar-refractivity contribution in [1.29, 1.82) is 0 Å². The summed E-state index contributed by atoms with van der Waals surface area (Å²) >= 11 is 12.3. The van der Waals surface area contributed by atoms with E-state index in [1.54, 1.807) is 33.4 Å². The minimum Gasteiger partial charge on any atom is -0.490 e. The Labute approximate surface area is 184 Å². The van der Waals surface area contributed by atoms with E-state index in [2.05, 4.69) is 0 Å². The average molecular weight is 443 g/mol. The quantitative estimate of drug-likeness (QED) is 0.373. The summed E-state index contributed by atoms with van der Waals surface area (Å²) in [5.74, 6) is 1.20. The molecule has 0 aliphatic rings. The molecule has 0 saturated carbocycles. The van der Waals surface area contributed by atoms with Gasteiger partial charge in [0.15, 0.2) is 0 Å². The number of halogens is 2. The maximum atomic E-state index is 13.1. The molecule has 0 unspecified atom stereocenters. The number of rotatable bonds is 8. The highest BCUT2D eigenvalue weighted by molar-refractivity contribution is 6.32. The highest BCUT2D eigenvalue weighted by Gasteiger charge is 2.13. The van der Waals surface area contributed by atoms with Crippen LogP contribution in [0.2, 0.25) is 10.0 Å². The second-order valence-corrected chi connectivity index (χ2v) is 7.45. The standard InChI is InChI=1S/C23H20Cl2N2O3/c24-17-7-1-5-11-21(17)29-15-13-26-19-9-3-4-10-20(19)27(23(26)28)14-16-30-22-12-6-2-8-18(22)25/h1-12H,13-16H2. The summed E-state index contributed by atoms with van der Waals surface area (Å²) in [5, 5.41) is 1.09. The Morgan fingerprint density at radius 2 is 1.03 bits per heavy atom. The maximum Gasteiger partial charge on any atom is 0.329 e. The molecule has 0 aliphatic carbocycles. The van der Waals surface area contributed by atoms with Crippen LogP contribution in [-0.4, -0.2) is 22.3 Å². The zero-order valence-electron chi connectivity index (χ0n) is 16.1. The van der Waals surface area contributed by atoms with Gasteiger partial charge in [-0.1, -0.05) is 59.6 Å². The summed E-state index contributed by atoms with van der Waals surface area (Å²) in [4.78, 5) is 13.1. The average Bonchev–Trinajstić information content (AvgIpc) is 3.02. The van der Waals surface area contributed by atoms with Crippen LogP contribution < -0.4 is 15.2 Å². The summed E-state index contributed by atoms with van der Waals surface area (Å²) in [6.07, 6.45) is 0. The lowest BCUT2D eigenvalue weighted by Gasteiger charge is -2.09. The van der Waals surface area contributed by atoms with Crippen LogP contribution >= 0.6 is 23.2 Å². The molecule has 3 aromatic carbocycles. The van der Waals surface area contributed by atoms with Gasteiger partial charge in [0.05, 0.1) is 34.2 Å². The van der Waals surface area contributed by atoms with Crippen molar-refractivity contribution < 1.29 is 9.47 Å². The Morgan fingerprint density at radius 1 is 0.633 bits per heavy atom. The van der Waals surface area contributed by atoms with Gasteiger partial charge >= 0.3 is 5.69 Å². The lowest BCUT2D eigenvalue weighted by molar-refractivity contribution is 0.290. The molecule has 0 amide bonds. The van der Waals surface area contributed by atoms with E-state index in [0.717, 1.165) is 11.0 Å².